The van der Waals surface area contributed by atoms with Crippen molar-refractivity contribution in [2.24, 2.45) is 17.3 Å². The first-order valence-electron chi connectivity index (χ1n) is 19.4. The van der Waals surface area contributed by atoms with Crippen molar-refractivity contribution in [2.75, 3.05) is 39.4 Å². The van der Waals surface area contributed by atoms with E-state index in [1.54, 1.807) is 36.8 Å². The van der Waals surface area contributed by atoms with Crippen molar-refractivity contribution in [1.82, 2.24) is 24.7 Å². The number of rotatable bonds is 14. The summed E-state index contributed by atoms with van der Waals surface area (Å²) in [5.74, 6) is -2.81. The maximum absolute atomic E-state index is 15.3. The number of ether oxygens (including phenoxy) is 3. The third kappa shape index (κ3) is 13.4. The topological polar surface area (TPSA) is 132 Å². The summed E-state index contributed by atoms with van der Waals surface area (Å²) in [6.07, 6.45) is 0.546. The highest BCUT2D eigenvalue weighted by molar-refractivity contribution is 6.76. The van der Waals surface area contributed by atoms with E-state index in [2.05, 4.69) is 25.0 Å². The summed E-state index contributed by atoms with van der Waals surface area (Å²) in [5, 5.41) is 2.87. The number of carbonyl (C=O) groups excluding carboxylic acids is 4. The normalized spacial score (nSPS) is 16.5. The molecule has 1 N–H and O–H groups in total. The molecule has 3 amide bonds. The van der Waals surface area contributed by atoms with Gasteiger partial charge in [0.05, 0.1) is 18.3 Å². The predicted molar refractivity (Wildman–Crippen MR) is 216 cm³/mol. The van der Waals surface area contributed by atoms with Crippen LogP contribution in [0.2, 0.25) is 25.7 Å². The van der Waals surface area contributed by atoms with E-state index < -0.39 is 73.4 Å². The van der Waals surface area contributed by atoms with E-state index in [0.29, 0.717) is 19.0 Å². The van der Waals surface area contributed by atoms with Crippen LogP contribution in [0.25, 0.3) is 11.3 Å². The standard InChI is InChI=1S/C42H59F2N5O7Si/c1-28(50)55-27-36(51)49(25-31-24-48(40(53)56-42(5,6)7)23-30(31)21-45-39(52)54-18-19-57(8,9)10)37(41(2,3)4)38-46-35(33-20-32(43)16-17-34(33)44)26-47(38)22-29-14-12-11-13-15-29/h11-17,20,26,30-31,37H,18-19,21-25,27H2,1-10H3,(H,45,52). The average molecular weight is 812 g/mol. The summed E-state index contributed by atoms with van der Waals surface area (Å²) in [4.78, 5) is 60.8. The SMILES string of the molecule is CC(=O)OCC(=O)N(CC1CN(C(=O)OC(C)(C)C)CC1CNC(=O)OCC[Si](C)(C)C)C(c1nc(-c2cc(F)ccc2F)cn1Cc1ccccc1)C(C)(C)C. The third-order valence-corrected chi connectivity index (χ3v) is 11.3. The highest BCUT2D eigenvalue weighted by atomic mass is 28.3. The van der Waals surface area contributed by atoms with Crippen molar-refractivity contribution in [3.8, 4) is 11.3 Å². The van der Waals surface area contributed by atoms with Crippen LogP contribution in [-0.4, -0.2) is 96.5 Å². The second kappa shape index (κ2) is 18.6. The molecule has 0 saturated carbocycles. The molecule has 3 atom stereocenters. The van der Waals surface area contributed by atoms with Crippen LogP contribution in [0.4, 0.5) is 18.4 Å². The van der Waals surface area contributed by atoms with Gasteiger partial charge in [0.1, 0.15) is 23.1 Å². The van der Waals surface area contributed by atoms with Crippen molar-refractivity contribution in [1.29, 1.82) is 0 Å². The lowest BCUT2D eigenvalue weighted by molar-refractivity contribution is -0.153. The fraction of sp³-hybridized carbons (Fsp3) is 0.548. The Labute approximate surface area is 336 Å². The third-order valence-electron chi connectivity index (χ3n) is 9.56. The van der Waals surface area contributed by atoms with Crippen LogP contribution in [-0.2, 0) is 30.3 Å². The molecule has 1 aliphatic rings. The Morgan fingerprint density at radius 3 is 2.25 bits per heavy atom. The highest BCUT2D eigenvalue weighted by Gasteiger charge is 2.44. The Morgan fingerprint density at radius 1 is 0.965 bits per heavy atom. The van der Waals surface area contributed by atoms with Crippen molar-refractivity contribution in [2.45, 2.75) is 92.3 Å². The van der Waals surface area contributed by atoms with Gasteiger partial charge in [-0.25, -0.2) is 23.4 Å². The maximum atomic E-state index is 15.3. The van der Waals surface area contributed by atoms with Crippen LogP contribution in [0.15, 0.2) is 54.7 Å². The van der Waals surface area contributed by atoms with E-state index in [-0.39, 0.29) is 43.4 Å². The lowest BCUT2D eigenvalue weighted by atomic mass is 9.83. The Bertz CT molecular complexity index is 1870. The lowest BCUT2D eigenvalue weighted by Gasteiger charge is -2.41. The lowest BCUT2D eigenvalue weighted by Crippen LogP contribution is -2.48. The van der Waals surface area contributed by atoms with Gasteiger partial charge in [-0.3, -0.25) is 9.59 Å². The zero-order valence-electron chi connectivity index (χ0n) is 35.0. The van der Waals surface area contributed by atoms with Crippen LogP contribution < -0.4 is 5.32 Å². The van der Waals surface area contributed by atoms with Gasteiger partial charge in [-0.1, -0.05) is 70.7 Å². The number of likely N-dealkylation sites (tertiary alicyclic amines) is 1. The number of benzene rings is 2. The van der Waals surface area contributed by atoms with Gasteiger partial charge in [-0.2, -0.15) is 0 Å². The second-order valence-electron chi connectivity index (χ2n) is 18.0. The van der Waals surface area contributed by atoms with Crippen molar-refractivity contribution < 1.29 is 42.2 Å². The summed E-state index contributed by atoms with van der Waals surface area (Å²) in [6, 6.07) is 12.7. The Kier molecular flexibility index (Phi) is 14.7. The fourth-order valence-corrected chi connectivity index (χ4v) is 7.51. The van der Waals surface area contributed by atoms with Gasteiger partial charge >= 0.3 is 18.2 Å². The number of imidazole rings is 1. The van der Waals surface area contributed by atoms with Crippen molar-refractivity contribution >= 4 is 32.1 Å². The van der Waals surface area contributed by atoms with E-state index in [1.165, 1.54) is 6.92 Å². The second-order valence-corrected chi connectivity index (χ2v) is 23.7. The van der Waals surface area contributed by atoms with Crippen LogP contribution in [0.1, 0.15) is 65.9 Å². The first kappa shape index (κ1) is 44.9. The molecule has 0 bridgehead atoms. The molecule has 2 heterocycles. The molecular formula is C42H59F2N5O7Si. The molecule has 2 aromatic carbocycles. The number of hydrogen-bond donors (Lipinski definition) is 1. The number of alkyl carbamates (subject to hydrolysis) is 1. The Balaban J connectivity index is 1.79. The van der Waals surface area contributed by atoms with Crippen LogP contribution in [0, 0.1) is 28.9 Å². The molecule has 312 valence electrons. The molecule has 1 aliphatic heterocycles. The monoisotopic (exact) mass is 811 g/mol. The molecule has 1 fully saturated rings. The summed E-state index contributed by atoms with van der Waals surface area (Å²) in [7, 11) is -1.45. The molecule has 4 rings (SSSR count). The molecule has 3 unspecified atom stereocenters. The summed E-state index contributed by atoms with van der Waals surface area (Å²) in [5.41, 5.74) is -0.465. The Hall–Kier alpha value is -4.79. The molecule has 1 saturated heterocycles. The number of nitrogens with zero attached hydrogens (tertiary/aromatic N) is 4. The number of esters is 1. The molecule has 0 radical (unpaired) electrons. The van der Waals surface area contributed by atoms with Crippen LogP contribution >= 0.6 is 0 Å². The molecule has 3 aromatic rings. The minimum absolute atomic E-state index is 0.0415. The highest BCUT2D eigenvalue weighted by Crippen LogP contribution is 2.41. The molecule has 1 aromatic heterocycles. The smallest absolute Gasteiger partial charge is 0.410 e. The van der Waals surface area contributed by atoms with E-state index >= 15 is 4.39 Å². The zero-order chi connectivity index (χ0) is 42.3. The number of nitrogens with one attached hydrogen (secondary N) is 1. The van der Waals surface area contributed by atoms with E-state index in [4.69, 9.17) is 19.2 Å². The van der Waals surface area contributed by atoms with Gasteiger partial charge in [-0.15, -0.1) is 0 Å². The first-order valence-corrected chi connectivity index (χ1v) is 23.1. The summed E-state index contributed by atoms with van der Waals surface area (Å²) in [6.45, 7) is 19.6. The molecular weight excluding hydrogens is 753 g/mol. The fourth-order valence-electron chi connectivity index (χ4n) is 6.79. The first-order chi connectivity index (χ1) is 26.5. The van der Waals surface area contributed by atoms with Crippen LogP contribution in [0.5, 0.6) is 0 Å². The van der Waals surface area contributed by atoms with Gasteiger partial charge < -0.3 is 33.9 Å². The quantitative estimate of drug-likeness (QED) is 0.0988. The molecule has 0 aliphatic carbocycles. The number of carbonyl (C=O) groups is 4. The van der Waals surface area contributed by atoms with E-state index in [1.807, 2.05) is 55.7 Å². The van der Waals surface area contributed by atoms with E-state index in [0.717, 1.165) is 29.8 Å². The van der Waals surface area contributed by atoms with Gasteiger partial charge in [-0.05, 0) is 56.0 Å². The molecule has 57 heavy (non-hydrogen) atoms. The number of amides is 3. The minimum Gasteiger partial charge on any atom is -0.456 e. The summed E-state index contributed by atoms with van der Waals surface area (Å²) < 4.78 is 48.1. The van der Waals surface area contributed by atoms with Gasteiger partial charge in [0.15, 0.2) is 6.61 Å². The average Bonchev–Trinajstić information content (AvgIpc) is 3.69. The molecule has 0 spiro atoms. The molecule has 15 heteroatoms. The summed E-state index contributed by atoms with van der Waals surface area (Å²) >= 11 is 0. The van der Waals surface area contributed by atoms with Gasteiger partial charge in [0, 0.05) is 71.3 Å². The molecule has 12 nitrogen and oxygen atoms in total. The van der Waals surface area contributed by atoms with Crippen molar-refractivity contribution in [3.05, 3.63) is 77.8 Å². The minimum atomic E-state index is -1.45. The van der Waals surface area contributed by atoms with Crippen molar-refractivity contribution in [3.63, 3.8) is 0 Å². The zero-order valence-corrected chi connectivity index (χ0v) is 36.0. The Morgan fingerprint density at radius 2 is 1.63 bits per heavy atom. The number of halogens is 2. The van der Waals surface area contributed by atoms with Gasteiger partial charge in [0.25, 0.3) is 5.91 Å². The number of aromatic nitrogens is 2. The number of hydrogen-bond acceptors (Lipinski definition) is 8. The largest absolute Gasteiger partial charge is 0.456 e. The van der Waals surface area contributed by atoms with Crippen LogP contribution in [0.3, 0.4) is 0 Å². The predicted octanol–water partition coefficient (Wildman–Crippen LogP) is 7.90. The maximum Gasteiger partial charge on any atom is 0.410 e. The van der Waals surface area contributed by atoms with Gasteiger partial charge in [0.2, 0.25) is 0 Å². The van der Waals surface area contributed by atoms with E-state index in [9.17, 15) is 23.6 Å².